The van der Waals surface area contributed by atoms with Crippen LogP contribution in [-0.4, -0.2) is 31.2 Å². The zero-order valence-electron chi connectivity index (χ0n) is 12.2. The Hall–Kier alpha value is -2.11. The topological polar surface area (TPSA) is 79.5 Å². The van der Waals surface area contributed by atoms with E-state index in [0.29, 0.717) is 18.7 Å². The molecule has 1 aliphatic rings. The van der Waals surface area contributed by atoms with Crippen molar-refractivity contribution in [3.8, 4) is 0 Å². The molecule has 0 radical (unpaired) electrons. The van der Waals surface area contributed by atoms with Gasteiger partial charge in [0.25, 0.3) is 0 Å². The van der Waals surface area contributed by atoms with Crippen molar-refractivity contribution in [2.24, 2.45) is 0 Å². The summed E-state index contributed by atoms with van der Waals surface area (Å²) in [5, 5.41) is 17.3. The maximum atomic E-state index is 11.9. The Morgan fingerprint density at radius 2 is 2.05 bits per heavy atom. The predicted octanol–water partition coefficient (Wildman–Crippen LogP) is 2.63. The zero-order valence-corrected chi connectivity index (χ0v) is 12.2. The van der Waals surface area contributed by atoms with Crippen LogP contribution in [0.1, 0.15) is 44.2 Å². The molecule has 0 spiro atoms. The van der Waals surface area contributed by atoms with Crippen LogP contribution >= 0.6 is 0 Å². The van der Waals surface area contributed by atoms with Crippen LogP contribution < -0.4 is 5.32 Å². The van der Waals surface area contributed by atoms with E-state index in [2.05, 4.69) is 15.4 Å². The highest BCUT2D eigenvalue weighted by atomic mass is 16.4. The van der Waals surface area contributed by atoms with Crippen LogP contribution in [0, 0.1) is 6.92 Å². The lowest BCUT2D eigenvalue weighted by molar-refractivity contribution is -0.142. The van der Waals surface area contributed by atoms with Gasteiger partial charge in [-0.15, -0.1) is 0 Å². The standard InChI is InChI=1S/C15H20N4O2/c1-11-10-12-13(16-8-9-19(12)18-11)17-15(14(20)21)6-4-2-3-5-7-15/h8-10H,2-7H2,1H3,(H,16,17)(H,20,21). The third kappa shape index (κ3) is 2.57. The number of nitrogens with one attached hydrogen (secondary N) is 1. The van der Waals surface area contributed by atoms with Crippen LogP contribution in [0.4, 0.5) is 5.82 Å². The molecule has 0 aliphatic heterocycles. The van der Waals surface area contributed by atoms with Crippen LogP contribution in [0.3, 0.4) is 0 Å². The summed E-state index contributed by atoms with van der Waals surface area (Å²) in [7, 11) is 0. The van der Waals surface area contributed by atoms with Gasteiger partial charge in [0.15, 0.2) is 5.82 Å². The number of carbonyl (C=O) groups is 1. The molecule has 6 nitrogen and oxygen atoms in total. The molecule has 6 heteroatoms. The number of hydrogen-bond acceptors (Lipinski definition) is 4. The predicted molar refractivity (Wildman–Crippen MR) is 79.4 cm³/mol. The highest BCUT2D eigenvalue weighted by Crippen LogP contribution is 2.31. The quantitative estimate of drug-likeness (QED) is 0.849. The number of rotatable bonds is 3. The Morgan fingerprint density at radius 1 is 1.33 bits per heavy atom. The third-order valence-electron chi connectivity index (χ3n) is 4.24. The summed E-state index contributed by atoms with van der Waals surface area (Å²) in [5.41, 5.74) is 0.792. The Morgan fingerprint density at radius 3 is 2.71 bits per heavy atom. The fourth-order valence-electron chi connectivity index (χ4n) is 3.09. The molecular weight excluding hydrogens is 268 g/mol. The van der Waals surface area contributed by atoms with Gasteiger partial charge >= 0.3 is 5.97 Å². The SMILES string of the molecule is Cc1cc2c(NC3(C(=O)O)CCCCCC3)nccn2n1. The van der Waals surface area contributed by atoms with Crippen molar-refractivity contribution in [3.63, 3.8) is 0 Å². The number of carboxylic acids is 1. The first-order valence-corrected chi connectivity index (χ1v) is 7.43. The van der Waals surface area contributed by atoms with Crippen molar-refractivity contribution in [1.82, 2.24) is 14.6 Å². The third-order valence-corrected chi connectivity index (χ3v) is 4.24. The van der Waals surface area contributed by atoms with E-state index in [1.807, 2.05) is 13.0 Å². The Bertz CT molecular complexity index is 657. The minimum atomic E-state index is -0.913. The van der Waals surface area contributed by atoms with Gasteiger partial charge in [0.05, 0.1) is 5.69 Å². The molecule has 0 atom stereocenters. The first-order chi connectivity index (χ1) is 10.1. The van der Waals surface area contributed by atoms with Gasteiger partial charge in [-0.2, -0.15) is 5.10 Å². The second-order valence-corrected chi connectivity index (χ2v) is 5.82. The highest BCUT2D eigenvalue weighted by molar-refractivity contribution is 5.84. The fraction of sp³-hybridized carbons (Fsp3) is 0.533. The van der Waals surface area contributed by atoms with E-state index < -0.39 is 11.5 Å². The molecule has 112 valence electrons. The molecule has 2 heterocycles. The second kappa shape index (κ2) is 5.35. The second-order valence-electron chi connectivity index (χ2n) is 5.82. The number of fused-ring (bicyclic) bond motifs is 1. The average Bonchev–Trinajstić information content (AvgIpc) is 2.68. The molecule has 0 amide bonds. The molecule has 0 bridgehead atoms. The van der Waals surface area contributed by atoms with E-state index in [4.69, 9.17) is 0 Å². The smallest absolute Gasteiger partial charge is 0.329 e. The van der Waals surface area contributed by atoms with Gasteiger partial charge in [-0.05, 0) is 25.8 Å². The summed E-state index contributed by atoms with van der Waals surface area (Å²) in [5.74, 6) is -0.188. The number of anilines is 1. The fourth-order valence-corrected chi connectivity index (χ4v) is 3.09. The first kappa shape index (κ1) is 13.9. The van der Waals surface area contributed by atoms with Crippen LogP contribution in [0.15, 0.2) is 18.5 Å². The van der Waals surface area contributed by atoms with Crippen LogP contribution in [0.5, 0.6) is 0 Å². The molecule has 0 saturated heterocycles. The molecule has 2 aromatic heterocycles. The summed E-state index contributed by atoms with van der Waals surface area (Å²) in [6.45, 7) is 1.91. The van der Waals surface area contributed by atoms with Crippen molar-refractivity contribution in [1.29, 1.82) is 0 Å². The van der Waals surface area contributed by atoms with Crippen molar-refractivity contribution in [2.45, 2.75) is 51.0 Å². The van der Waals surface area contributed by atoms with Crippen molar-refractivity contribution >= 4 is 17.3 Å². The molecule has 1 saturated carbocycles. The highest BCUT2D eigenvalue weighted by Gasteiger charge is 2.39. The van der Waals surface area contributed by atoms with E-state index in [1.165, 1.54) is 0 Å². The van der Waals surface area contributed by atoms with Gasteiger partial charge in [-0.25, -0.2) is 14.3 Å². The molecule has 21 heavy (non-hydrogen) atoms. The molecule has 3 rings (SSSR count). The lowest BCUT2D eigenvalue weighted by atomic mass is 9.90. The molecule has 2 N–H and O–H groups in total. The monoisotopic (exact) mass is 288 g/mol. The molecule has 1 fully saturated rings. The molecule has 0 unspecified atom stereocenters. The van der Waals surface area contributed by atoms with Crippen molar-refractivity contribution in [3.05, 3.63) is 24.2 Å². The summed E-state index contributed by atoms with van der Waals surface area (Å²) in [6.07, 6.45) is 8.75. The maximum absolute atomic E-state index is 11.9. The number of aromatic nitrogens is 3. The summed E-state index contributed by atoms with van der Waals surface area (Å²) in [6, 6.07) is 1.92. The largest absolute Gasteiger partial charge is 0.480 e. The van der Waals surface area contributed by atoms with Crippen LogP contribution in [0.25, 0.3) is 5.52 Å². The van der Waals surface area contributed by atoms with Gasteiger partial charge in [-0.1, -0.05) is 25.7 Å². The zero-order chi connectivity index (χ0) is 14.9. The molecule has 2 aromatic rings. The summed E-state index contributed by atoms with van der Waals surface area (Å²) in [4.78, 5) is 16.2. The summed E-state index contributed by atoms with van der Waals surface area (Å²) < 4.78 is 1.73. The number of hydrogen-bond donors (Lipinski definition) is 2. The lowest BCUT2D eigenvalue weighted by Crippen LogP contribution is -2.46. The molecular formula is C15H20N4O2. The number of aliphatic carboxylic acids is 1. The van der Waals surface area contributed by atoms with Crippen molar-refractivity contribution in [2.75, 3.05) is 5.32 Å². The lowest BCUT2D eigenvalue weighted by Gasteiger charge is -2.30. The maximum Gasteiger partial charge on any atom is 0.329 e. The number of carboxylic acid groups (broad SMARTS) is 1. The Balaban J connectivity index is 1.99. The van der Waals surface area contributed by atoms with E-state index in [1.54, 1.807) is 16.9 Å². The van der Waals surface area contributed by atoms with Gasteiger partial charge in [0, 0.05) is 12.4 Å². The number of nitrogens with zero attached hydrogens (tertiary/aromatic N) is 3. The van der Waals surface area contributed by atoms with Crippen LogP contribution in [0.2, 0.25) is 0 Å². The minimum Gasteiger partial charge on any atom is -0.480 e. The molecule has 0 aromatic carbocycles. The van der Waals surface area contributed by atoms with Gasteiger partial charge in [0.2, 0.25) is 0 Å². The number of aryl methyl sites for hydroxylation is 1. The minimum absolute atomic E-state index is 0.599. The van der Waals surface area contributed by atoms with E-state index in [-0.39, 0.29) is 0 Å². The normalized spacial score (nSPS) is 18.3. The Labute approximate surface area is 123 Å². The average molecular weight is 288 g/mol. The van der Waals surface area contributed by atoms with E-state index in [0.717, 1.165) is 36.9 Å². The molecule has 1 aliphatic carbocycles. The van der Waals surface area contributed by atoms with Crippen molar-refractivity contribution < 1.29 is 9.90 Å². The van der Waals surface area contributed by atoms with E-state index in [9.17, 15) is 9.90 Å². The van der Waals surface area contributed by atoms with Crippen LogP contribution in [-0.2, 0) is 4.79 Å². The Kier molecular flexibility index (Phi) is 3.53. The summed E-state index contributed by atoms with van der Waals surface area (Å²) >= 11 is 0. The van der Waals surface area contributed by atoms with Gasteiger partial charge in [-0.3, -0.25) is 0 Å². The van der Waals surface area contributed by atoms with Gasteiger partial charge in [0.1, 0.15) is 11.1 Å². The van der Waals surface area contributed by atoms with E-state index >= 15 is 0 Å². The first-order valence-electron chi connectivity index (χ1n) is 7.43. The van der Waals surface area contributed by atoms with Gasteiger partial charge < -0.3 is 10.4 Å².